The molecule has 2 heterocycles. The highest BCUT2D eigenvalue weighted by molar-refractivity contribution is 6.30. The number of benzene rings is 2. The van der Waals surface area contributed by atoms with Gasteiger partial charge in [-0.1, -0.05) is 23.7 Å². The fraction of sp³-hybridized carbons (Fsp3) is 0.136. The van der Waals surface area contributed by atoms with Gasteiger partial charge in [-0.3, -0.25) is 9.36 Å². The number of nitrogens with one attached hydrogen (secondary N) is 1. The van der Waals surface area contributed by atoms with Crippen molar-refractivity contribution < 1.29 is 17.9 Å². The molecule has 0 unspecified atom stereocenters. The van der Waals surface area contributed by atoms with Crippen LogP contribution in [0.5, 0.6) is 5.75 Å². The van der Waals surface area contributed by atoms with Crippen molar-refractivity contribution >= 4 is 28.6 Å². The first-order valence-electron chi connectivity index (χ1n) is 9.39. The van der Waals surface area contributed by atoms with E-state index in [1.54, 1.807) is 61.7 Å². The second-order valence-corrected chi connectivity index (χ2v) is 7.28. The molecule has 0 saturated carbocycles. The van der Waals surface area contributed by atoms with Crippen LogP contribution in [-0.4, -0.2) is 34.4 Å². The molecular weight excluding hydrogens is 445 g/mol. The summed E-state index contributed by atoms with van der Waals surface area (Å²) in [5.74, 6) is 0.394. The summed E-state index contributed by atoms with van der Waals surface area (Å²) in [4.78, 5) is 21.6. The Balaban J connectivity index is 1.93. The van der Waals surface area contributed by atoms with Crippen LogP contribution in [0.1, 0.15) is 0 Å². The molecule has 0 aliphatic rings. The van der Waals surface area contributed by atoms with Gasteiger partial charge >= 0.3 is 6.18 Å². The maximum Gasteiger partial charge on any atom is 0.405 e. The van der Waals surface area contributed by atoms with Gasteiger partial charge in [-0.25, -0.2) is 4.98 Å². The van der Waals surface area contributed by atoms with Gasteiger partial charge < -0.3 is 10.1 Å². The van der Waals surface area contributed by atoms with Crippen LogP contribution in [0.3, 0.4) is 0 Å². The number of alkyl halides is 3. The molecule has 0 aliphatic heterocycles. The molecule has 0 saturated heterocycles. The minimum atomic E-state index is -4.44. The summed E-state index contributed by atoms with van der Waals surface area (Å²) < 4.78 is 44.3. The fourth-order valence-corrected chi connectivity index (χ4v) is 3.29. The van der Waals surface area contributed by atoms with E-state index in [1.807, 2.05) is 0 Å². The first kappa shape index (κ1) is 21.6. The number of pyridine rings is 1. The number of fused-ring (bicyclic) bond motifs is 1. The van der Waals surface area contributed by atoms with Crippen molar-refractivity contribution in [1.29, 1.82) is 0 Å². The third-order valence-electron chi connectivity index (χ3n) is 4.67. The summed E-state index contributed by atoms with van der Waals surface area (Å²) in [5, 5.41) is 3.09. The van der Waals surface area contributed by atoms with Crippen LogP contribution < -0.4 is 15.6 Å². The predicted octanol–water partition coefficient (Wildman–Crippen LogP) is 5.08. The maximum absolute atomic E-state index is 13.5. The number of nitrogens with zero attached hydrogens (tertiary/aromatic N) is 3. The van der Waals surface area contributed by atoms with Gasteiger partial charge in [0.2, 0.25) is 5.95 Å². The van der Waals surface area contributed by atoms with Crippen LogP contribution in [0.15, 0.2) is 65.6 Å². The molecule has 6 nitrogen and oxygen atoms in total. The third kappa shape index (κ3) is 4.52. The maximum atomic E-state index is 13.5. The van der Waals surface area contributed by atoms with Crippen molar-refractivity contribution in [3.8, 4) is 22.6 Å². The van der Waals surface area contributed by atoms with Gasteiger partial charge in [-0.15, -0.1) is 0 Å². The smallest absolute Gasteiger partial charge is 0.405 e. The number of halogens is 4. The SMILES string of the molecule is COc1ccc(-c2cc3cnc(NCC(F)(F)F)nc3n(-c3ccc(Cl)cc3)c2=O)cc1. The average Bonchev–Trinajstić information content (AvgIpc) is 2.78. The van der Waals surface area contributed by atoms with E-state index in [4.69, 9.17) is 16.3 Å². The number of hydrogen-bond donors (Lipinski definition) is 1. The number of methoxy groups -OCH3 is 1. The summed E-state index contributed by atoms with van der Waals surface area (Å²) in [6.45, 7) is -1.30. The van der Waals surface area contributed by atoms with Crippen molar-refractivity contribution in [1.82, 2.24) is 14.5 Å². The predicted molar refractivity (Wildman–Crippen MR) is 117 cm³/mol. The summed E-state index contributed by atoms with van der Waals surface area (Å²) >= 11 is 5.98. The molecular formula is C22H16ClF3N4O2. The zero-order chi connectivity index (χ0) is 22.9. The summed E-state index contributed by atoms with van der Waals surface area (Å²) in [7, 11) is 1.54. The van der Waals surface area contributed by atoms with Gasteiger partial charge in [0.15, 0.2) is 5.65 Å². The number of rotatable bonds is 5. The summed E-state index contributed by atoms with van der Waals surface area (Å²) in [6.07, 6.45) is -3.06. The molecule has 164 valence electrons. The second kappa shape index (κ2) is 8.51. The Morgan fingerprint density at radius 2 is 1.78 bits per heavy atom. The van der Waals surface area contributed by atoms with E-state index in [9.17, 15) is 18.0 Å². The highest BCUT2D eigenvalue weighted by Crippen LogP contribution is 2.25. The van der Waals surface area contributed by atoms with Crippen LogP contribution in [-0.2, 0) is 0 Å². The van der Waals surface area contributed by atoms with Gasteiger partial charge in [-0.05, 0) is 48.0 Å². The number of aromatic nitrogens is 3. The molecule has 1 N–H and O–H groups in total. The van der Waals surface area contributed by atoms with Gasteiger partial charge in [0, 0.05) is 22.2 Å². The van der Waals surface area contributed by atoms with E-state index in [1.165, 1.54) is 10.8 Å². The quantitative estimate of drug-likeness (QED) is 0.449. The molecule has 2 aromatic carbocycles. The lowest BCUT2D eigenvalue weighted by atomic mass is 10.1. The Kier molecular flexibility index (Phi) is 5.75. The third-order valence-corrected chi connectivity index (χ3v) is 4.93. The fourth-order valence-electron chi connectivity index (χ4n) is 3.17. The van der Waals surface area contributed by atoms with E-state index < -0.39 is 18.3 Å². The van der Waals surface area contributed by atoms with Gasteiger partial charge in [-0.2, -0.15) is 18.2 Å². The van der Waals surface area contributed by atoms with Crippen molar-refractivity contribution in [3.05, 3.63) is 76.2 Å². The van der Waals surface area contributed by atoms with E-state index in [-0.39, 0.29) is 11.6 Å². The molecule has 32 heavy (non-hydrogen) atoms. The molecule has 4 aromatic rings. The number of anilines is 1. The van der Waals surface area contributed by atoms with Crippen LogP contribution in [0.2, 0.25) is 5.02 Å². The van der Waals surface area contributed by atoms with Gasteiger partial charge in [0.05, 0.1) is 12.8 Å². The van der Waals surface area contributed by atoms with Crippen LogP contribution in [0, 0.1) is 0 Å². The van der Waals surface area contributed by atoms with Crippen LogP contribution in [0.25, 0.3) is 27.8 Å². The Hall–Kier alpha value is -3.59. The Morgan fingerprint density at radius 3 is 2.41 bits per heavy atom. The summed E-state index contributed by atoms with van der Waals surface area (Å²) in [5.41, 5.74) is 1.23. The Bertz CT molecular complexity index is 1320. The first-order chi connectivity index (χ1) is 15.2. The van der Waals surface area contributed by atoms with Crippen LogP contribution >= 0.6 is 11.6 Å². The summed E-state index contributed by atoms with van der Waals surface area (Å²) in [6, 6.07) is 15.0. The second-order valence-electron chi connectivity index (χ2n) is 6.84. The molecule has 0 aliphatic carbocycles. The minimum Gasteiger partial charge on any atom is -0.497 e. The van der Waals surface area contributed by atoms with E-state index >= 15 is 0 Å². The zero-order valence-electron chi connectivity index (χ0n) is 16.7. The van der Waals surface area contributed by atoms with Crippen LogP contribution in [0.4, 0.5) is 19.1 Å². The molecule has 10 heteroatoms. The Labute approximate surface area is 185 Å². The normalized spacial score (nSPS) is 11.5. The topological polar surface area (TPSA) is 69.0 Å². The van der Waals surface area contributed by atoms with E-state index in [2.05, 4.69) is 15.3 Å². The van der Waals surface area contributed by atoms with Crippen molar-refractivity contribution in [2.75, 3.05) is 19.0 Å². The van der Waals surface area contributed by atoms with Gasteiger partial charge in [0.25, 0.3) is 5.56 Å². The largest absolute Gasteiger partial charge is 0.497 e. The molecule has 0 spiro atoms. The monoisotopic (exact) mass is 460 g/mol. The molecule has 0 amide bonds. The molecule has 2 aromatic heterocycles. The number of hydrogen-bond acceptors (Lipinski definition) is 5. The van der Waals surface area contributed by atoms with Crippen molar-refractivity contribution in [3.63, 3.8) is 0 Å². The lowest BCUT2D eigenvalue weighted by Gasteiger charge is -2.14. The standard InChI is InChI=1S/C22H16ClF3N4O2/c1-32-17-8-2-13(3-9-17)18-10-14-11-27-21(28-12-22(24,25)26)29-19(14)30(20(18)31)16-6-4-15(23)5-7-16/h2-11H,12H2,1H3,(H,27,28,29). The number of ether oxygens (including phenoxy) is 1. The van der Waals surface area contributed by atoms with Crippen molar-refractivity contribution in [2.45, 2.75) is 6.18 Å². The zero-order valence-corrected chi connectivity index (χ0v) is 17.4. The highest BCUT2D eigenvalue weighted by atomic mass is 35.5. The molecule has 0 bridgehead atoms. The van der Waals surface area contributed by atoms with Crippen molar-refractivity contribution in [2.24, 2.45) is 0 Å². The Morgan fingerprint density at radius 1 is 1.09 bits per heavy atom. The van der Waals surface area contributed by atoms with E-state index in [0.717, 1.165) is 0 Å². The average molecular weight is 461 g/mol. The lowest BCUT2D eigenvalue weighted by Crippen LogP contribution is -2.24. The first-order valence-corrected chi connectivity index (χ1v) is 9.77. The van der Waals surface area contributed by atoms with Gasteiger partial charge in [0.1, 0.15) is 12.3 Å². The minimum absolute atomic E-state index is 0.161. The van der Waals surface area contributed by atoms with E-state index in [0.29, 0.717) is 33.0 Å². The molecule has 0 fully saturated rings. The molecule has 0 atom stereocenters. The molecule has 4 rings (SSSR count). The lowest BCUT2D eigenvalue weighted by molar-refractivity contribution is -0.115. The highest BCUT2D eigenvalue weighted by Gasteiger charge is 2.27. The molecule has 0 radical (unpaired) electrons.